The summed E-state index contributed by atoms with van der Waals surface area (Å²) in [7, 11) is 0. The van der Waals surface area contributed by atoms with E-state index in [1.54, 1.807) is 24.3 Å². The summed E-state index contributed by atoms with van der Waals surface area (Å²) in [6, 6.07) is 17.1. The average molecular weight is 272 g/mol. The van der Waals surface area contributed by atoms with Crippen LogP contribution >= 0.6 is 11.6 Å². The Morgan fingerprint density at radius 3 is 2.42 bits per heavy atom. The highest BCUT2D eigenvalue weighted by Crippen LogP contribution is 2.45. The molecular formula is C16H14ClNO. The van der Waals surface area contributed by atoms with E-state index in [-0.39, 0.29) is 11.4 Å². The van der Waals surface area contributed by atoms with Crippen LogP contribution < -0.4 is 5.32 Å². The molecule has 0 atom stereocenters. The van der Waals surface area contributed by atoms with Crippen molar-refractivity contribution in [3.05, 3.63) is 70.7 Å². The van der Waals surface area contributed by atoms with Crippen molar-refractivity contribution in [1.29, 1.82) is 0 Å². The minimum atomic E-state index is -0.180. The molecule has 3 rings (SSSR count). The van der Waals surface area contributed by atoms with Crippen molar-refractivity contribution >= 4 is 17.5 Å². The molecule has 3 heteroatoms. The summed E-state index contributed by atoms with van der Waals surface area (Å²) in [5.41, 5.74) is 1.60. The second kappa shape index (κ2) is 4.71. The van der Waals surface area contributed by atoms with Gasteiger partial charge < -0.3 is 5.32 Å². The summed E-state index contributed by atoms with van der Waals surface area (Å²) in [6.07, 6.45) is 1.98. The Kier molecular flexibility index (Phi) is 3.03. The van der Waals surface area contributed by atoms with Gasteiger partial charge in [-0.2, -0.15) is 0 Å². The van der Waals surface area contributed by atoms with Gasteiger partial charge >= 0.3 is 0 Å². The molecule has 0 aromatic heterocycles. The standard InChI is InChI=1S/C16H14ClNO/c17-14-8-4-5-12(11-14)15(19)18-16(9-10-16)13-6-2-1-3-7-13/h1-8,11H,9-10H2,(H,18,19). The summed E-state index contributed by atoms with van der Waals surface area (Å²) in [5.74, 6) is -0.0659. The van der Waals surface area contributed by atoms with Gasteiger partial charge in [0, 0.05) is 10.6 Å². The van der Waals surface area contributed by atoms with Crippen LogP contribution in [0.25, 0.3) is 0 Å². The lowest BCUT2D eigenvalue weighted by Gasteiger charge is -2.18. The molecule has 0 saturated heterocycles. The second-order valence-corrected chi connectivity index (χ2v) is 5.35. The predicted octanol–water partition coefficient (Wildman–Crippen LogP) is 3.76. The van der Waals surface area contributed by atoms with Gasteiger partial charge in [-0.05, 0) is 36.6 Å². The molecule has 1 amide bonds. The Morgan fingerprint density at radius 1 is 1.05 bits per heavy atom. The van der Waals surface area contributed by atoms with E-state index in [0.29, 0.717) is 10.6 Å². The van der Waals surface area contributed by atoms with Gasteiger partial charge in [-0.15, -0.1) is 0 Å². The predicted molar refractivity (Wildman–Crippen MR) is 76.3 cm³/mol. The molecule has 0 radical (unpaired) electrons. The Morgan fingerprint density at radius 2 is 1.79 bits per heavy atom. The van der Waals surface area contributed by atoms with E-state index in [9.17, 15) is 4.79 Å². The summed E-state index contributed by atoms with van der Waals surface area (Å²) in [4.78, 5) is 12.3. The van der Waals surface area contributed by atoms with Gasteiger partial charge in [0.15, 0.2) is 0 Å². The van der Waals surface area contributed by atoms with Crippen LogP contribution in [-0.2, 0) is 5.54 Å². The number of benzene rings is 2. The molecule has 0 heterocycles. The van der Waals surface area contributed by atoms with E-state index in [4.69, 9.17) is 11.6 Å². The van der Waals surface area contributed by atoms with Crippen molar-refractivity contribution in [2.45, 2.75) is 18.4 Å². The first-order chi connectivity index (χ1) is 9.20. The zero-order valence-electron chi connectivity index (χ0n) is 10.4. The smallest absolute Gasteiger partial charge is 0.252 e. The van der Waals surface area contributed by atoms with Crippen LogP contribution in [0.2, 0.25) is 5.02 Å². The van der Waals surface area contributed by atoms with E-state index >= 15 is 0 Å². The lowest BCUT2D eigenvalue weighted by Crippen LogP contribution is -2.34. The molecule has 0 bridgehead atoms. The average Bonchev–Trinajstić information content (AvgIpc) is 3.21. The summed E-state index contributed by atoms with van der Waals surface area (Å²) < 4.78 is 0. The Hall–Kier alpha value is -1.80. The van der Waals surface area contributed by atoms with Gasteiger partial charge in [-0.3, -0.25) is 4.79 Å². The molecule has 1 fully saturated rings. The number of rotatable bonds is 3. The number of hydrogen-bond donors (Lipinski definition) is 1. The van der Waals surface area contributed by atoms with Crippen LogP contribution in [0.1, 0.15) is 28.8 Å². The van der Waals surface area contributed by atoms with Crippen LogP contribution in [0.3, 0.4) is 0 Å². The fourth-order valence-electron chi connectivity index (χ4n) is 2.29. The molecule has 0 unspecified atom stereocenters. The van der Waals surface area contributed by atoms with Crippen molar-refractivity contribution < 1.29 is 4.79 Å². The maximum Gasteiger partial charge on any atom is 0.252 e. The normalized spacial score (nSPS) is 15.8. The molecule has 2 aromatic carbocycles. The van der Waals surface area contributed by atoms with E-state index < -0.39 is 0 Å². The van der Waals surface area contributed by atoms with Crippen LogP contribution in [0.4, 0.5) is 0 Å². The lowest BCUT2D eigenvalue weighted by atomic mass is 10.0. The molecule has 19 heavy (non-hydrogen) atoms. The van der Waals surface area contributed by atoms with Crippen molar-refractivity contribution in [2.24, 2.45) is 0 Å². The number of amides is 1. The van der Waals surface area contributed by atoms with E-state index in [1.807, 2.05) is 18.2 Å². The summed E-state index contributed by atoms with van der Waals surface area (Å²) in [5, 5.41) is 3.71. The first kappa shape index (κ1) is 12.2. The Labute approximate surface area is 117 Å². The summed E-state index contributed by atoms with van der Waals surface area (Å²) >= 11 is 5.91. The SMILES string of the molecule is O=C(NC1(c2ccccc2)CC1)c1cccc(Cl)c1. The first-order valence-electron chi connectivity index (χ1n) is 6.33. The highest BCUT2D eigenvalue weighted by Gasteiger charge is 2.45. The Bertz CT molecular complexity index is 605. The molecule has 96 valence electrons. The number of hydrogen-bond acceptors (Lipinski definition) is 1. The molecule has 0 spiro atoms. The van der Waals surface area contributed by atoms with Gasteiger partial charge in [0.25, 0.3) is 5.91 Å². The fourth-order valence-corrected chi connectivity index (χ4v) is 2.48. The van der Waals surface area contributed by atoms with Gasteiger partial charge in [0.05, 0.1) is 5.54 Å². The molecular weight excluding hydrogens is 258 g/mol. The van der Waals surface area contributed by atoms with Gasteiger partial charge in [-0.25, -0.2) is 0 Å². The third-order valence-corrected chi connectivity index (χ3v) is 3.75. The van der Waals surface area contributed by atoms with E-state index in [1.165, 1.54) is 5.56 Å². The quantitative estimate of drug-likeness (QED) is 0.905. The zero-order valence-corrected chi connectivity index (χ0v) is 11.2. The van der Waals surface area contributed by atoms with Gasteiger partial charge in [0.2, 0.25) is 0 Å². The largest absolute Gasteiger partial charge is 0.343 e. The number of carbonyl (C=O) groups excluding carboxylic acids is 1. The van der Waals surface area contributed by atoms with Crippen molar-refractivity contribution in [3.63, 3.8) is 0 Å². The first-order valence-corrected chi connectivity index (χ1v) is 6.71. The molecule has 1 N–H and O–H groups in total. The molecule has 0 aliphatic heterocycles. The monoisotopic (exact) mass is 271 g/mol. The van der Waals surface area contributed by atoms with Gasteiger partial charge in [-0.1, -0.05) is 48.0 Å². The Balaban J connectivity index is 1.81. The fraction of sp³-hybridized carbons (Fsp3) is 0.188. The highest BCUT2D eigenvalue weighted by molar-refractivity contribution is 6.30. The molecule has 1 aliphatic carbocycles. The lowest BCUT2D eigenvalue weighted by molar-refractivity contribution is 0.0931. The van der Waals surface area contributed by atoms with Crippen LogP contribution in [0, 0.1) is 0 Å². The maximum atomic E-state index is 12.3. The maximum absolute atomic E-state index is 12.3. The third kappa shape index (κ3) is 2.49. The molecule has 2 nitrogen and oxygen atoms in total. The topological polar surface area (TPSA) is 29.1 Å². The molecule has 1 aliphatic rings. The van der Waals surface area contributed by atoms with Crippen LogP contribution in [0.5, 0.6) is 0 Å². The number of nitrogens with one attached hydrogen (secondary N) is 1. The number of halogens is 1. The minimum absolute atomic E-state index is 0.0659. The number of carbonyl (C=O) groups is 1. The van der Waals surface area contributed by atoms with Crippen molar-refractivity contribution in [3.8, 4) is 0 Å². The van der Waals surface area contributed by atoms with Crippen LogP contribution in [-0.4, -0.2) is 5.91 Å². The van der Waals surface area contributed by atoms with Crippen LogP contribution in [0.15, 0.2) is 54.6 Å². The highest BCUT2D eigenvalue weighted by atomic mass is 35.5. The van der Waals surface area contributed by atoms with Crippen molar-refractivity contribution in [1.82, 2.24) is 5.32 Å². The van der Waals surface area contributed by atoms with E-state index in [2.05, 4.69) is 17.4 Å². The van der Waals surface area contributed by atoms with Crippen molar-refractivity contribution in [2.75, 3.05) is 0 Å². The molecule has 2 aromatic rings. The summed E-state index contributed by atoms with van der Waals surface area (Å²) in [6.45, 7) is 0. The zero-order chi connectivity index (χ0) is 13.3. The minimum Gasteiger partial charge on any atom is -0.343 e. The second-order valence-electron chi connectivity index (χ2n) is 4.91. The third-order valence-electron chi connectivity index (χ3n) is 3.52. The van der Waals surface area contributed by atoms with E-state index in [0.717, 1.165) is 12.8 Å². The van der Waals surface area contributed by atoms with Gasteiger partial charge in [0.1, 0.15) is 0 Å². The molecule has 1 saturated carbocycles.